The summed E-state index contributed by atoms with van der Waals surface area (Å²) in [5, 5.41) is 27.8. The van der Waals surface area contributed by atoms with Gasteiger partial charge in [0.15, 0.2) is 0 Å². The van der Waals surface area contributed by atoms with Gasteiger partial charge in [-0.3, -0.25) is 9.69 Å². The van der Waals surface area contributed by atoms with E-state index < -0.39 is 18.4 Å². The highest BCUT2D eigenvalue weighted by atomic mass is 16.5. The number of hydrogen-bond donors (Lipinski definition) is 3. The van der Waals surface area contributed by atoms with Crippen molar-refractivity contribution in [3.63, 3.8) is 0 Å². The van der Waals surface area contributed by atoms with E-state index in [0.29, 0.717) is 18.9 Å². The average Bonchev–Trinajstić information content (AvgIpc) is 3.12. The van der Waals surface area contributed by atoms with E-state index in [1.807, 2.05) is 19.1 Å². The first-order valence-corrected chi connectivity index (χ1v) is 9.92. The molecule has 1 fully saturated rings. The second kappa shape index (κ2) is 10.1. The van der Waals surface area contributed by atoms with E-state index in [4.69, 9.17) is 4.74 Å². The summed E-state index contributed by atoms with van der Waals surface area (Å²) >= 11 is 0. The largest absolute Gasteiger partial charge is 0.497 e. The van der Waals surface area contributed by atoms with Crippen molar-refractivity contribution >= 4 is 13.1 Å². The zero-order chi connectivity index (χ0) is 19.9. The molecule has 27 heavy (non-hydrogen) atoms. The average molecular weight is 377 g/mol. The highest BCUT2D eigenvalue weighted by Crippen LogP contribution is 2.41. The van der Waals surface area contributed by atoms with Crippen LogP contribution in [-0.2, 0) is 4.79 Å². The van der Waals surface area contributed by atoms with Crippen molar-refractivity contribution in [3.05, 3.63) is 29.8 Å². The lowest BCUT2D eigenvalue weighted by molar-refractivity contribution is -0.142. The third kappa shape index (κ3) is 5.24. The molecule has 2 atom stereocenters. The van der Waals surface area contributed by atoms with E-state index >= 15 is 0 Å². The van der Waals surface area contributed by atoms with E-state index in [0.717, 1.165) is 38.1 Å². The topological polar surface area (TPSA) is 90.2 Å². The number of hydrogen-bond acceptors (Lipinski definition) is 5. The van der Waals surface area contributed by atoms with Gasteiger partial charge in [0.25, 0.3) is 0 Å². The summed E-state index contributed by atoms with van der Waals surface area (Å²) in [7, 11) is -0.178. The molecule has 0 radical (unpaired) electrons. The first kappa shape index (κ1) is 21.7. The zero-order valence-electron chi connectivity index (χ0n) is 16.4. The summed E-state index contributed by atoms with van der Waals surface area (Å²) in [6, 6.07) is 8.39. The molecule has 150 valence electrons. The maximum absolute atomic E-state index is 11.8. The lowest BCUT2D eigenvalue weighted by Gasteiger charge is -2.30. The summed E-state index contributed by atoms with van der Waals surface area (Å²) in [5.41, 5.74) is 1.21. The van der Waals surface area contributed by atoms with Gasteiger partial charge in [0.1, 0.15) is 11.1 Å². The minimum absolute atomic E-state index is 0.265. The lowest BCUT2D eigenvalue weighted by atomic mass is 9.53. The van der Waals surface area contributed by atoms with Gasteiger partial charge in [-0.1, -0.05) is 31.9 Å². The zero-order valence-corrected chi connectivity index (χ0v) is 16.4. The number of carboxylic acids is 1. The van der Waals surface area contributed by atoms with Crippen LogP contribution in [0.5, 0.6) is 5.75 Å². The predicted octanol–water partition coefficient (Wildman–Crippen LogP) is 3.10. The van der Waals surface area contributed by atoms with Crippen LogP contribution in [0.4, 0.5) is 0 Å². The van der Waals surface area contributed by atoms with Crippen molar-refractivity contribution in [2.45, 2.75) is 63.2 Å². The van der Waals surface area contributed by atoms with Crippen LogP contribution in [0.2, 0.25) is 5.31 Å². The Morgan fingerprint density at radius 2 is 2.07 bits per heavy atom. The van der Waals surface area contributed by atoms with Gasteiger partial charge in [-0.05, 0) is 62.9 Å². The van der Waals surface area contributed by atoms with E-state index in [9.17, 15) is 19.9 Å². The van der Waals surface area contributed by atoms with Gasteiger partial charge >= 0.3 is 13.1 Å². The maximum atomic E-state index is 11.8. The molecule has 2 rings (SSSR count). The van der Waals surface area contributed by atoms with E-state index in [1.54, 1.807) is 7.11 Å². The van der Waals surface area contributed by atoms with Crippen molar-refractivity contribution < 1.29 is 24.7 Å². The van der Waals surface area contributed by atoms with Gasteiger partial charge in [0.2, 0.25) is 0 Å². The Labute approximate surface area is 162 Å². The molecule has 0 saturated carbocycles. The maximum Gasteiger partial charge on any atom is 0.469 e. The second-order valence-electron chi connectivity index (χ2n) is 7.51. The number of methoxy groups -OCH3 is 1. The molecule has 0 aromatic heterocycles. The quantitative estimate of drug-likeness (QED) is 0.514. The van der Waals surface area contributed by atoms with E-state index in [2.05, 4.69) is 17.0 Å². The van der Waals surface area contributed by atoms with Crippen LogP contribution >= 0.6 is 0 Å². The minimum Gasteiger partial charge on any atom is -0.497 e. The van der Waals surface area contributed by atoms with Crippen molar-refractivity contribution in [2.24, 2.45) is 0 Å². The Morgan fingerprint density at radius 1 is 1.33 bits per heavy atom. The van der Waals surface area contributed by atoms with Gasteiger partial charge in [-0.2, -0.15) is 0 Å². The van der Waals surface area contributed by atoms with Gasteiger partial charge < -0.3 is 19.9 Å². The van der Waals surface area contributed by atoms with Crippen LogP contribution in [-0.4, -0.2) is 53.3 Å². The molecule has 0 bridgehead atoms. The highest BCUT2D eigenvalue weighted by molar-refractivity contribution is 6.51. The number of carbonyl (C=O) groups is 1. The first-order chi connectivity index (χ1) is 12.9. The molecular formula is C20H32BNO5. The number of benzene rings is 1. The Bertz CT molecular complexity index is 612. The van der Waals surface area contributed by atoms with Gasteiger partial charge in [-0.15, -0.1) is 0 Å². The van der Waals surface area contributed by atoms with Crippen LogP contribution in [0.1, 0.15) is 63.5 Å². The Balaban J connectivity index is 2.01. The van der Waals surface area contributed by atoms with Gasteiger partial charge in [0.05, 0.1) is 7.11 Å². The minimum atomic E-state index is -1.84. The van der Waals surface area contributed by atoms with Crippen molar-refractivity contribution in [2.75, 3.05) is 20.2 Å². The molecule has 0 aliphatic carbocycles. The van der Waals surface area contributed by atoms with Gasteiger partial charge in [0, 0.05) is 6.04 Å². The number of likely N-dealkylation sites (tertiary alicyclic amines) is 1. The third-order valence-electron chi connectivity index (χ3n) is 5.81. The molecule has 1 aromatic carbocycles. The van der Waals surface area contributed by atoms with Gasteiger partial charge in [-0.25, -0.2) is 0 Å². The standard InChI is InChI=1S/C20H32BNO5/c1-3-4-11-20(19(23)24,21(25)26)12-7-14-22-13-6-10-18(22)16-8-5-9-17(15-16)27-2/h5,8-9,15,18,25-26H,3-4,6-7,10-14H2,1-2H3,(H,23,24). The molecule has 2 unspecified atom stereocenters. The molecule has 6 nitrogen and oxygen atoms in total. The fraction of sp³-hybridized carbons (Fsp3) is 0.650. The SMILES string of the molecule is CCCCC(CCCN1CCCC1c1cccc(OC)c1)(B(O)O)C(=O)O. The fourth-order valence-electron chi connectivity index (χ4n) is 4.12. The summed E-state index contributed by atoms with van der Waals surface area (Å²) < 4.78 is 5.33. The van der Waals surface area contributed by atoms with Crippen LogP contribution < -0.4 is 4.74 Å². The predicted molar refractivity (Wildman–Crippen MR) is 106 cm³/mol. The lowest BCUT2D eigenvalue weighted by Crippen LogP contribution is -2.40. The number of rotatable bonds is 11. The smallest absolute Gasteiger partial charge is 0.469 e. The van der Waals surface area contributed by atoms with Crippen molar-refractivity contribution in [1.29, 1.82) is 0 Å². The van der Waals surface area contributed by atoms with Crippen LogP contribution in [0, 0.1) is 0 Å². The number of ether oxygens (including phenoxy) is 1. The molecule has 1 aromatic rings. The van der Waals surface area contributed by atoms with Crippen LogP contribution in [0.15, 0.2) is 24.3 Å². The molecular weight excluding hydrogens is 345 g/mol. The van der Waals surface area contributed by atoms with Crippen LogP contribution in [0.3, 0.4) is 0 Å². The first-order valence-electron chi connectivity index (χ1n) is 9.92. The molecule has 1 saturated heterocycles. The Hall–Kier alpha value is -1.57. The second-order valence-corrected chi connectivity index (χ2v) is 7.51. The molecule has 0 spiro atoms. The number of unbranched alkanes of at least 4 members (excludes halogenated alkanes) is 1. The molecule has 3 N–H and O–H groups in total. The normalized spacial score (nSPS) is 19.6. The van der Waals surface area contributed by atoms with E-state index in [-0.39, 0.29) is 12.8 Å². The summed E-state index contributed by atoms with van der Waals surface area (Å²) in [6.45, 7) is 3.69. The summed E-state index contributed by atoms with van der Waals surface area (Å²) in [5.74, 6) is -0.274. The molecule has 0 amide bonds. The molecule has 1 heterocycles. The van der Waals surface area contributed by atoms with Crippen LogP contribution in [0.25, 0.3) is 0 Å². The monoisotopic (exact) mass is 377 g/mol. The third-order valence-corrected chi connectivity index (χ3v) is 5.81. The fourth-order valence-corrected chi connectivity index (χ4v) is 4.12. The number of aliphatic carboxylic acids is 1. The Kier molecular flexibility index (Phi) is 8.14. The van der Waals surface area contributed by atoms with Crippen molar-refractivity contribution in [3.8, 4) is 5.75 Å². The number of carboxylic acid groups (broad SMARTS) is 1. The number of nitrogens with zero attached hydrogens (tertiary/aromatic N) is 1. The molecule has 1 aliphatic heterocycles. The molecule has 7 heteroatoms. The highest BCUT2D eigenvalue weighted by Gasteiger charge is 2.48. The summed E-state index contributed by atoms with van der Waals surface area (Å²) in [4.78, 5) is 14.2. The Morgan fingerprint density at radius 3 is 2.70 bits per heavy atom. The van der Waals surface area contributed by atoms with E-state index in [1.165, 1.54) is 5.56 Å². The van der Waals surface area contributed by atoms with Crippen molar-refractivity contribution in [1.82, 2.24) is 4.90 Å². The summed E-state index contributed by atoms with van der Waals surface area (Å²) in [6.07, 6.45) is 4.83. The molecule has 1 aliphatic rings.